The van der Waals surface area contributed by atoms with Crippen LogP contribution in [0.15, 0.2) is 36.4 Å². The van der Waals surface area contributed by atoms with Gasteiger partial charge in [0.1, 0.15) is 0 Å². The molecular formula is C13H10I2O2Pt+2. The zero-order chi connectivity index (χ0) is 13.1. The Labute approximate surface area is 134 Å². The van der Waals surface area contributed by atoms with E-state index < -0.39 is 0 Å². The van der Waals surface area contributed by atoms with E-state index in [1.54, 1.807) is 12.1 Å². The third-order valence-corrected chi connectivity index (χ3v) is 2.75. The summed E-state index contributed by atoms with van der Waals surface area (Å²) in [6.45, 7) is 0. The summed E-state index contributed by atoms with van der Waals surface area (Å²) in [5, 5.41) is 9.84. The van der Waals surface area contributed by atoms with Crippen LogP contribution in [-0.4, -0.2) is 15.7 Å². The molecule has 3 N–H and O–H groups in total. The maximum atomic E-state index is 9.76. The van der Waals surface area contributed by atoms with Gasteiger partial charge in [0, 0.05) is 17.5 Å². The summed E-state index contributed by atoms with van der Waals surface area (Å²) in [5.41, 5.74) is 1.71. The van der Waals surface area contributed by atoms with Gasteiger partial charge in [-0.3, -0.25) is 4.79 Å². The first kappa shape index (κ1) is 14.5. The van der Waals surface area contributed by atoms with Crippen molar-refractivity contribution in [2.45, 2.75) is 0 Å². The van der Waals surface area contributed by atoms with Crippen LogP contribution in [0.5, 0.6) is 5.75 Å². The molecule has 0 bridgehead atoms. The Balaban J connectivity index is 0.000000367. The molecule has 0 unspecified atom stereocenters. The predicted molar refractivity (Wildman–Crippen MR) is 90.1 cm³/mol. The minimum Gasteiger partial charge on any atom is -0.593 e. The summed E-state index contributed by atoms with van der Waals surface area (Å²) >= 11 is 5.30. The van der Waals surface area contributed by atoms with Crippen molar-refractivity contribution in [1.29, 1.82) is 0 Å². The molecule has 2 aromatic carbocycles. The third kappa shape index (κ3) is 2.80. The molecule has 0 amide bonds. The normalized spacial score (nSPS) is 12.4. The maximum Gasteiger partial charge on any atom is 0.357 e. The molecule has 0 heterocycles. The van der Waals surface area contributed by atoms with E-state index in [-0.39, 0.29) is 5.78 Å². The minimum atomic E-state index is 0.185. The smallest absolute Gasteiger partial charge is 0.357 e. The Morgan fingerprint density at radius 3 is 2.50 bits per heavy atom. The van der Waals surface area contributed by atoms with Crippen molar-refractivity contribution in [3.63, 3.8) is 0 Å². The van der Waals surface area contributed by atoms with Crippen LogP contribution in [0.25, 0.3) is 16.8 Å². The molecule has 18 heavy (non-hydrogen) atoms. The fourth-order valence-corrected chi connectivity index (χ4v) is 2.06. The molecule has 0 radical (unpaired) electrons. The van der Waals surface area contributed by atoms with Gasteiger partial charge in [-0.2, -0.15) is 0 Å². The molecule has 96 valence electrons. The van der Waals surface area contributed by atoms with Gasteiger partial charge >= 0.3 is 55.7 Å². The summed E-state index contributed by atoms with van der Waals surface area (Å²) in [5.74, 6) is 0.557. The number of allylic oxidation sites excluding steroid dienone is 1. The van der Waals surface area contributed by atoms with Gasteiger partial charge in [-0.15, -0.1) is 0 Å². The number of hydrogen-bond acceptors (Lipinski definition) is 0. The van der Waals surface area contributed by atoms with Crippen LogP contribution in [0, 0.1) is 0 Å². The van der Waals surface area contributed by atoms with Gasteiger partial charge in [0.15, 0.2) is 5.56 Å². The number of rotatable bonds is 0. The Hall–Kier alpha value is 0.0583. The number of hydrogen-bond donors (Lipinski definition) is 0. The summed E-state index contributed by atoms with van der Waals surface area (Å²) < 4.78 is 0. The van der Waals surface area contributed by atoms with E-state index in [4.69, 9.17) is 5.11 Å². The van der Waals surface area contributed by atoms with E-state index in [9.17, 15) is 4.79 Å². The van der Waals surface area contributed by atoms with Gasteiger partial charge < -0.3 is 5.11 Å². The molecule has 2 aromatic rings. The molecule has 0 fully saturated rings. The van der Waals surface area contributed by atoms with E-state index in [0.29, 0.717) is 22.5 Å². The van der Waals surface area contributed by atoms with Gasteiger partial charge in [-0.1, -0.05) is 18.2 Å². The van der Waals surface area contributed by atoms with Crippen molar-refractivity contribution in [3.8, 4) is 5.75 Å². The number of carbonyl (C=O) groups excluding carboxylic acids is 1. The second kappa shape index (κ2) is 6.48. The molecule has 1 aliphatic rings. The molecule has 1 aliphatic carbocycles. The summed E-state index contributed by atoms with van der Waals surface area (Å²) in [6.07, 6.45) is 3.53. The Morgan fingerprint density at radius 1 is 1.06 bits per heavy atom. The van der Waals surface area contributed by atoms with Crippen LogP contribution in [-0.2, 0) is 11.2 Å². The Bertz CT molecular complexity index is 638. The predicted octanol–water partition coefficient (Wildman–Crippen LogP) is 3.97. The molecule has 0 atom stereocenters. The SMILES string of the molecule is [I][Pt][I].[OH+]=C1C=Cc2cccc3ccc([OH2+])c1c23. The van der Waals surface area contributed by atoms with Crippen LogP contribution in [0.1, 0.15) is 11.1 Å². The van der Waals surface area contributed by atoms with Crippen molar-refractivity contribution in [3.05, 3.63) is 47.5 Å². The van der Waals surface area contributed by atoms with Crippen molar-refractivity contribution >= 4 is 61.3 Å². The maximum absolute atomic E-state index is 9.76. The van der Waals surface area contributed by atoms with E-state index in [1.165, 1.54) is 0 Å². The second-order valence-corrected chi connectivity index (χ2v) is 20.3. The van der Waals surface area contributed by atoms with Crippen LogP contribution < -0.4 is 0 Å². The van der Waals surface area contributed by atoms with Crippen molar-refractivity contribution < 1.29 is 21.1 Å². The van der Waals surface area contributed by atoms with Gasteiger partial charge in [0.05, 0.1) is 0 Å². The van der Waals surface area contributed by atoms with Gasteiger partial charge in [0.2, 0.25) is 0 Å². The quantitative estimate of drug-likeness (QED) is 0.308. The molecule has 0 aromatic heterocycles. The molecule has 0 spiro atoms. The van der Waals surface area contributed by atoms with Gasteiger partial charge in [-0.25, -0.2) is 0 Å². The zero-order valence-corrected chi connectivity index (χ0v) is 15.6. The van der Waals surface area contributed by atoms with Gasteiger partial charge in [0.25, 0.3) is 5.75 Å². The van der Waals surface area contributed by atoms with Gasteiger partial charge in [-0.05, 0) is 23.1 Å². The van der Waals surface area contributed by atoms with Crippen LogP contribution >= 0.6 is 38.7 Å². The molecule has 3 rings (SSSR count). The molecule has 0 aliphatic heterocycles. The standard InChI is InChI=1S/C13H8O2.2HI.Pt/c14-10-6-4-8-2-1-3-9-5-7-11(15)13(10)12(8)9;;;/h1-7,14H;2*1H;/q;;;+2. The Morgan fingerprint density at radius 2 is 1.78 bits per heavy atom. The van der Waals surface area contributed by atoms with Crippen molar-refractivity contribution in [1.82, 2.24) is 0 Å². The first-order chi connectivity index (χ1) is 8.69. The number of benzene rings is 2. The van der Waals surface area contributed by atoms with Crippen molar-refractivity contribution in [2.75, 3.05) is 0 Å². The van der Waals surface area contributed by atoms with E-state index >= 15 is 0 Å². The molecule has 0 saturated carbocycles. The monoisotopic (exact) mass is 647 g/mol. The zero-order valence-electron chi connectivity index (χ0n) is 9.06. The van der Waals surface area contributed by atoms with Crippen LogP contribution in [0.2, 0.25) is 0 Å². The molecular weight excluding hydrogens is 637 g/mol. The summed E-state index contributed by atoms with van der Waals surface area (Å²) in [7, 11) is 0. The van der Waals surface area contributed by atoms with Crippen LogP contribution in [0.4, 0.5) is 0 Å². The molecule has 5 heteroatoms. The fourth-order valence-electron chi connectivity index (χ4n) is 2.06. The third-order valence-electron chi connectivity index (χ3n) is 2.75. The second-order valence-electron chi connectivity index (χ2n) is 3.70. The van der Waals surface area contributed by atoms with E-state index in [0.717, 1.165) is 16.3 Å². The summed E-state index contributed by atoms with van der Waals surface area (Å²) in [6, 6.07) is 9.61. The molecule has 0 saturated heterocycles. The summed E-state index contributed by atoms with van der Waals surface area (Å²) in [4.78, 5) is 9.76. The molecule has 2 nitrogen and oxygen atoms in total. The largest absolute Gasteiger partial charge is 0.593 e. The average molecular weight is 647 g/mol. The first-order valence-electron chi connectivity index (χ1n) is 5.03. The average Bonchev–Trinajstić information content (AvgIpc) is 2.37. The van der Waals surface area contributed by atoms with E-state index in [1.807, 2.05) is 30.3 Å². The van der Waals surface area contributed by atoms with E-state index in [2.05, 4.69) is 38.7 Å². The van der Waals surface area contributed by atoms with Crippen molar-refractivity contribution in [2.24, 2.45) is 0 Å². The minimum absolute atomic E-state index is 0.185. The Kier molecular flexibility index (Phi) is 5.21. The fraction of sp³-hybridized carbons (Fsp3) is 0. The number of ketones is 1. The van der Waals surface area contributed by atoms with Crippen LogP contribution in [0.3, 0.4) is 0 Å². The first-order valence-corrected chi connectivity index (χ1v) is 17.9. The number of halogens is 2. The topological polar surface area (TPSA) is 44.3 Å².